The Morgan fingerprint density at radius 3 is 2.19 bits per heavy atom. The Hall–Kier alpha value is -2.82. The molecule has 0 unspecified atom stereocenters. The number of aldehydes is 1. The summed E-state index contributed by atoms with van der Waals surface area (Å²) in [5.41, 5.74) is 0.728. The van der Waals surface area contributed by atoms with E-state index in [0.29, 0.717) is 34.7 Å². The summed E-state index contributed by atoms with van der Waals surface area (Å²) in [7, 11) is 2.99. The van der Waals surface area contributed by atoms with Gasteiger partial charge in [-0.2, -0.15) is 0 Å². The van der Waals surface area contributed by atoms with Crippen LogP contribution in [0.25, 0.3) is 0 Å². The molecule has 21 heavy (non-hydrogen) atoms. The molecule has 2 aromatic rings. The Morgan fingerprint density at radius 1 is 0.952 bits per heavy atom. The highest BCUT2D eigenvalue weighted by molar-refractivity contribution is 5.92. The molecule has 0 aliphatic carbocycles. The lowest BCUT2D eigenvalue weighted by Crippen LogP contribution is -2.09. The van der Waals surface area contributed by atoms with Crippen LogP contribution in [0.1, 0.15) is 20.7 Å². The van der Waals surface area contributed by atoms with Crippen LogP contribution in [0.5, 0.6) is 17.2 Å². The van der Waals surface area contributed by atoms with E-state index >= 15 is 0 Å². The fourth-order valence-electron chi connectivity index (χ4n) is 1.74. The summed E-state index contributed by atoms with van der Waals surface area (Å²) < 4.78 is 15.4. The molecule has 5 heteroatoms. The predicted octanol–water partition coefficient (Wildman–Crippen LogP) is 2.74. The zero-order chi connectivity index (χ0) is 15.2. The molecule has 0 saturated carbocycles. The molecule has 108 valence electrons. The van der Waals surface area contributed by atoms with Crippen LogP contribution in [0, 0.1) is 0 Å². The maximum absolute atomic E-state index is 12.1. The fourth-order valence-corrected chi connectivity index (χ4v) is 1.74. The monoisotopic (exact) mass is 286 g/mol. The van der Waals surface area contributed by atoms with Crippen molar-refractivity contribution in [2.24, 2.45) is 0 Å². The highest BCUT2D eigenvalue weighted by Gasteiger charge is 2.12. The van der Waals surface area contributed by atoms with Crippen molar-refractivity contribution in [2.75, 3.05) is 14.2 Å². The molecular weight excluding hydrogens is 272 g/mol. The fraction of sp³-hybridized carbons (Fsp3) is 0.125. The maximum Gasteiger partial charge on any atom is 0.343 e. The number of carbonyl (C=O) groups excluding carboxylic acids is 2. The topological polar surface area (TPSA) is 61.8 Å². The van der Waals surface area contributed by atoms with E-state index in [1.54, 1.807) is 36.4 Å². The van der Waals surface area contributed by atoms with E-state index in [1.165, 1.54) is 20.3 Å². The van der Waals surface area contributed by atoms with E-state index in [-0.39, 0.29) is 0 Å². The highest BCUT2D eigenvalue weighted by atomic mass is 16.5. The summed E-state index contributed by atoms with van der Waals surface area (Å²) in [6.45, 7) is 0. The average molecular weight is 286 g/mol. The third kappa shape index (κ3) is 3.60. The molecule has 0 radical (unpaired) electrons. The zero-order valence-corrected chi connectivity index (χ0v) is 11.7. The minimum atomic E-state index is -0.560. The lowest BCUT2D eigenvalue weighted by Gasteiger charge is -2.08. The maximum atomic E-state index is 12.1. The molecule has 0 atom stereocenters. The second kappa shape index (κ2) is 6.56. The van der Waals surface area contributed by atoms with Gasteiger partial charge in [0.05, 0.1) is 19.8 Å². The van der Waals surface area contributed by atoms with Crippen LogP contribution in [0.3, 0.4) is 0 Å². The van der Waals surface area contributed by atoms with Crippen molar-refractivity contribution in [3.63, 3.8) is 0 Å². The SMILES string of the molecule is COc1cc(OC)cc(C(=O)Oc2cccc(C=O)c2)c1. The third-order valence-corrected chi connectivity index (χ3v) is 2.79. The first-order chi connectivity index (χ1) is 10.2. The Balaban J connectivity index is 2.25. The van der Waals surface area contributed by atoms with Gasteiger partial charge in [0, 0.05) is 11.6 Å². The molecule has 0 amide bonds. The highest BCUT2D eigenvalue weighted by Crippen LogP contribution is 2.23. The summed E-state index contributed by atoms with van der Waals surface area (Å²) >= 11 is 0. The first-order valence-electron chi connectivity index (χ1n) is 6.16. The van der Waals surface area contributed by atoms with Gasteiger partial charge < -0.3 is 14.2 Å². The molecular formula is C16H14O5. The van der Waals surface area contributed by atoms with Crippen LogP contribution >= 0.6 is 0 Å². The number of methoxy groups -OCH3 is 2. The Kier molecular flexibility index (Phi) is 4.56. The van der Waals surface area contributed by atoms with Crippen molar-refractivity contribution < 1.29 is 23.8 Å². The molecule has 2 rings (SSSR count). The number of hydrogen-bond donors (Lipinski definition) is 0. The Labute approximate surface area is 122 Å². The molecule has 0 bridgehead atoms. The Morgan fingerprint density at radius 2 is 1.62 bits per heavy atom. The van der Waals surface area contributed by atoms with E-state index in [2.05, 4.69) is 0 Å². The summed E-state index contributed by atoms with van der Waals surface area (Å²) in [4.78, 5) is 22.8. The summed E-state index contributed by atoms with van der Waals surface area (Å²) in [6.07, 6.45) is 0.686. The minimum absolute atomic E-state index is 0.294. The van der Waals surface area contributed by atoms with Gasteiger partial charge in [0.25, 0.3) is 0 Å². The van der Waals surface area contributed by atoms with Crippen LogP contribution in [0.4, 0.5) is 0 Å². The van der Waals surface area contributed by atoms with Gasteiger partial charge in [0.15, 0.2) is 0 Å². The molecule has 5 nitrogen and oxygen atoms in total. The van der Waals surface area contributed by atoms with Crippen LogP contribution < -0.4 is 14.2 Å². The van der Waals surface area contributed by atoms with Crippen LogP contribution in [0.2, 0.25) is 0 Å². The van der Waals surface area contributed by atoms with Gasteiger partial charge in [-0.05, 0) is 24.3 Å². The van der Waals surface area contributed by atoms with Gasteiger partial charge in [-0.3, -0.25) is 4.79 Å². The number of benzene rings is 2. The standard InChI is InChI=1S/C16H14O5/c1-19-14-7-12(8-15(9-14)20-2)16(18)21-13-5-3-4-11(6-13)10-17/h3-10H,1-2H3. The van der Waals surface area contributed by atoms with E-state index in [0.717, 1.165) is 0 Å². The second-order valence-electron chi connectivity index (χ2n) is 4.18. The van der Waals surface area contributed by atoms with Crippen molar-refractivity contribution in [3.8, 4) is 17.2 Å². The third-order valence-electron chi connectivity index (χ3n) is 2.79. The number of carbonyl (C=O) groups is 2. The number of esters is 1. The molecule has 0 fully saturated rings. The van der Waals surface area contributed by atoms with Crippen LogP contribution in [-0.4, -0.2) is 26.5 Å². The number of rotatable bonds is 5. The summed E-state index contributed by atoms with van der Waals surface area (Å²) in [5, 5.41) is 0. The second-order valence-corrected chi connectivity index (χ2v) is 4.18. The quantitative estimate of drug-likeness (QED) is 0.480. The lowest BCUT2D eigenvalue weighted by molar-refractivity contribution is 0.0733. The molecule has 0 aromatic heterocycles. The molecule has 0 N–H and O–H groups in total. The van der Waals surface area contributed by atoms with E-state index in [1.807, 2.05) is 0 Å². The van der Waals surface area contributed by atoms with Gasteiger partial charge in [-0.25, -0.2) is 4.79 Å². The predicted molar refractivity (Wildman–Crippen MR) is 76.3 cm³/mol. The van der Waals surface area contributed by atoms with Crippen molar-refractivity contribution in [2.45, 2.75) is 0 Å². The van der Waals surface area contributed by atoms with Crippen LogP contribution in [0.15, 0.2) is 42.5 Å². The van der Waals surface area contributed by atoms with Crippen molar-refractivity contribution in [1.29, 1.82) is 0 Å². The number of hydrogen-bond acceptors (Lipinski definition) is 5. The molecule has 0 aliphatic heterocycles. The van der Waals surface area contributed by atoms with Gasteiger partial charge in [-0.1, -0.05) is 12.1 Å². The van der Waals surface area contributed by atoms with E-state index in [4.69, 9.17) is 14.2 Å². The lowest BCUT2D eigenvalue weighted by atomic mass is 10.2. The van der Waals surface area contributed by atoms with Gasteiger partial charge in [0.1, 0.15) is 23.5 Å². The minimum Gasteiger partial charge on any atom is -0.497 e. The summed E-state index contributed by atoms with van der Waals surface area (Å²) in [6, 6.07) is 11.1. The number of ether oxygens (including phenoxy) is 3. The first kappa shape index (κ1) is 14.6. The normalized spacial score (nSPS) is 9.81. The molecule has 2 aromatic carbocycles. The van der Waals surface area contributed by atoms with Crippen molar-refractivity contribution in [1.82, 2.24) is 0 Å². The van der Waals surface area contributed by atoms with Crippen LogP contribution in [-0.2, 0) is 0 Å². The molecule has 0 aliphatic rings. The van der Waals surface area contributed by atoms with E-state index < -0.39 is 5.97 Å². The average Bonchev–Trinajstić information content (AvgIpc) is 2.54. The largest absolute Gasteiger partial charge is 0.497 e. The Bertz CT molecular complexity index is 641. The van der Waals surface area contributed by atoms with Gasteiger partial charge in [0.2, 0.25) is 0 Å². The van der Waals surface area contributed by atoms with Crippen molar-refractivity contribution >= 4 is 12.3 Å². The van der Waals surface area contributed by atoms with E-state index in [9.17, 15) is 9.59 Å². The van der Waals surface area contributed by atoms with Crippen molar-refractivity contribution in [3.05, 3.63) is 53.6 Å². The van der Waals surface area contributed by atoms with Gasteiger partial charge in [-0.15, -0.1) is 0 Å². The molecule has 0 saturated heterocycles. The van der Waals surface area contributed by atoms with Gasteiger partial charge >= 0.3 is 5.97 Å². The molecule has 0 spiro atoms. The molecule has 0 heterocycles. The smallest absolute Gasteiger partial charge is 0.343 e. The zero-order valence-electron chi connectivity index (χ0n) is 11.7. The first-order valence-corrected chi connectivity index (χ1v) is 6.16. The summed E-state index contributed by atoms with van der Waals surface area (Å²) in [5.74, 6) is 0.715.